The Kier molecular flexibility index (Phi) is 5.38. The van der Waals surface area contributed by atoms with Crippen LogP contribution in [0.25, 0.3) is 0 Å². The van der Waals surface area contributed by atoms with Crippen molar-refractivity contribution < 1.29 is 9.18 Å². The van der Waals surface area contributed by atoms with Gasteiger partial charge >= 0.3 is 0 Å². The van der Waals surface area contributed by atoms with Crippen molar-refractivity contribution in [2.75, 3.05) is 6.54 Å². The molecule has 0 spiro atoms. The highest BCUT2D eigenvalue weighted by Crippen LogP contribution is 2.13. The third-order valence-corrected chi connectivity index (χ3v) is 2.20. The molecule has 0 saturated carbocycles. The van der Waals surface area contributed by atoms with Gasteiger partial charge in [-0.25, -0.2) is 4.39 Å². The maximum atomic E-state index is 13.0. The molecule has 0 saturated heterocycles. The van der Waals surface area contributed by atoms with E-state index in [-0.39, 0.29) is 24.3 Å². The Hall–Kier alpha value is -1.13. The lowest BCUT2D eigenvalue weighted by Gasteiger charge is -2.09. The zero-order valence-electron chi connectivity index (χ0n) is 9.89. The topological polar surface area (TPSA) is 41.1 Å². The lowest BCUT2D eigenvalue weighted by molar-refractivity contribution is -0.120. The van der Waals surface area contributed by atoms with E-state index < -0.39 is 0 Å². The fourth-order valence-electron chi connectivity index (χ4n) is 1.41. The van der Waals surface area contributed by atoms with Gasteiger partial charge in [0.1, 0.15) is 5.82 Å². The minimum Gasteiger partial charge on any atom is -0.353 e. The minimum absolute atomic E-state index is 0.0810. The standard InChI is InChI=1S/C12H16ClFN2O/c1-8(2)16-12(17)7-15-6-9-3-10(13)5-11(14)4-9/h3-5,8,15H,6-7H2,1-2H3,(H,16,17). The maximum Gasteiger partial charge on any atom is 0.234 e. The van der Waals surface area contributed by atoms with Crippen LogP contribution in [-0.4, -0.2) is 18.5 Å². The van der Waals surface area contributed by atoms with Crippen LogP contribution in [0, 0.1) is 5.82 Å². The van der Waals surface area contributed by atoms with Gasteiger partial charge in [-0.3, -0.25) is 4.79 Å². The molecule has 0 atom stereocenters. The number of hydrogen-bond donors (Lipinski definition) is 2. The molecule has 0 aliphatic rings. The second kappa shape index (κ2) is 6.57. The average molecular weight is 259 g/mol. The van der Waals surface area contributed by atoms with Gasteiger partial charge in [0.2, 0.25) is 5.91 Å². The van der Waals surface area contributed by atoms with Crippen LogP contribution in [0.5, 0.6) is 0 Å². The van der Waals surface area contributed by atoms with E-state index in [1.807, 2.05) is 13.8 Å². The summed E-state index contributed by atoms with van der Waals surface area (Å²) < 4.78 is 13.0. The molecule has 0 aromatic heterocycles. The molecule has 0 aliphatic heterocycles. The summed E-state index contributed by atoms with van der Waals surface area (Å²) >= 11 is 5.71. The van der Waals surface area contributed by atoms with Crippen molar-refractivity contribution in [3.63, 3.8) is 0 Å². The van der Waals surface area contributed by atoms with Crippen molar-refractivity contribution in [2.24, 2.45) is 0 Å². The predicted molar refractivity (Wildman–Crippen MR) is 66.4 cm³/mol. The Balaban J connectivity index is 2.38. The fraction of sp³-hybridized carbons (Fsp3) is 0.417. The molecule has 1 aromatic rings. The molecule has 0 bridgehead atoms. The molecule has 3 nitrogen and oxygen atoms in total. The first kappa shape index (κ1) is 13.9. The third kappa shape index (κ3) is 5.65. The van der Waals surface area contributed by atoms with Gasteiger partial charge in [0.25, 0.3) is 0 Å². The summed E-state index contributed by atoms with van der Waals surface area (Å²) in [5, 5.41) is 6.03. The smallest absolute Gasteiger partial charge is 0.234 e. The van der Waals surface area contributed by atoms with Crippen molar-refractivity contribution in [1.82, 2.24) is 10.6 Å². The Labute approximate surface area is 105 Å². The van der Waals surface area contributed by atoms with Crippen LogP contribution < -0.4 is 10.6 Å². The van der Waals surface area contributed by atoms with Gasteiger partial charge in [-0.1, -0.05) is 11.6 Å². The van der Waals surface area contributed by atoms with E-state index in [2.05, 4.69) is 10.6 Å². The number of amides is 1. The largest absolute Gasteiger partial charge is 0.353 e. The highest BCUT2D eigenvalue weighted by molar-refractivity contribution is 6.30. The summed E-state index contributed by atoms with van der Waals surface area (Å²) in [5.41, 5.74) is 0.715. The van der Waals surface area contributed by atoms with Gasteiger partial charge in [0.05, 0.1) is 6.54 Å². The van der Waals surface area contributed by atoms with Gasteiger partial charge in [0, 0.05) is 17.6 Å². The highest BCUT2D eigenvalue weighted by Gasteiger charge is 2.03. The summed E-state index contributed by atoms with van der Waals surface area (Å²) in [7, 11) is 0. The molecular formula is C12H16ClFN2O. The highest BCUT2D eigenvalue weighted by atomic mass is 35.5. The summed E-state index contributed by atoms with van der Waals surface area (Å²) in [4.78, 5) is 11.3. The van der Waals surface area contributed by atoms with E-state index in [0.717, 1.165) is 0 Å². The molecule has 94 valence electrons. The number of hydrogen-bond acceptors (Lipinski definition) is 2. The Morgan fingerprint density at radius 2 is 2.12 bits per heavy atom. The monoisotopic (exact) mass is 258 g/mol. The van der Waals surface area contributed by atoms with Crippen molar-refractivity contribution >= 4 is 17.5 Å². The zero-order valence-corrected chi connectivity index (χ0v) is 10.6. The van der Waals surface area contributed by atoms with Crippen molar-refractivity contribution in [2.45, 2.75) is 26.4 Å². The van der Waals surface area contributed by atoms with Gasteiger partial charge in [0.15, 0.2) is 0 Å². The third-order valence-electron chi connectivity index (χ3n) is 1.99. The quantitative estimate of drug-likeness (QED) is 0.849. The Morgan fingerprint density at radius 1 is 1.41 bits per heavy atom. The van der Waals surface area contributed by atoms with Crippen LogP contribution >= 0.6 is 11.6 Å². The normalized spacial score (nSPS) is 10.6. The van der Waals surface area contributed by atoms with Crippen LogP contribution in [0.15, 0.2) is 18.2 Å². The molecule has 0 aliphatic carbocycles. The second-order valence-corrected chi connectivity index (χ2v) is 4.54. The van der Waals surface area contributed by atoms with E-state index in [9.17, 15) is 9.18 Å². The summed E-state index contributed by atoms with van der Waals surface area (Å²) in [5.74, 6) is -0.455. The minimum atomic E-state index is -0.374. The number of carbonyl (C=O) groups excluding carboxylic acids is 1. The fourth-order valence-corrected chi connectivity index (χ4v) is 1.65. The Bertz CT molecular complexity index is 376. The molecule has 5 heteroatoms. The molecule has 1 amide bonds. The predicted octanol–water partition coefficient (Wildman–Crippen LogP) is 2.09. The van der Waals surface area contributed by atoms with Crippen LogP contribution in [0.1, 0.15) is 19.4 Å². The van der Waals surface area contributed by atoms with Gasteiger partial charge in [-0.2, -0.15) is 0 Å². The van der Waals surface area contributed by atoms with Gasteiger partial charge < -0.3 is 10.6 Å². The van der Waals surface area contributed by atoms with Crippen molar-refractivity contribution in [3.8, 4) is 0 Å². The number of carbonyl (C=O) groups is 1. The molecule has 17 heavy (non-hydrogen) atoms. The van der Waals surface area contributed by atoms with E-state index in [4.69, 9.17) is 11.6 Å². The summed E-state index contributed by atoms with van der Waals surface area (Å²) in [6.07, 6.45) is 0. The molecule has 0 unspecified atom stereocenters. The second-order valence-electron chi connectivity index (χ2n) is 4.10. The lowest BCUT2D eigenvalue weighted by Crippen LogP contribution is -2.37. The van der Waals surface area contributed by atoms with Crippen LogP contribution in [0.3, 0.4) is 0 Å². The van der Waals surface area contributed by atoms with E-state index in [0.29, 0.717) is 17.1 Å². The van der Waals surface area contributed by atoms with Crippen LogP contribution in [0.4, 0.5) is 4.39 Å². The molecule has 0 heterocycles. The lowest BCUT2D eigenvalue weighted by atomic mass is 10.2. The number of nitrogens with one attached hydrogen (secondary N) is 2. The van der Waals surface area contributed by atoms with Gasteiger partial charge in [-0.15, -0.1) is 0 Å². The van der Waals surface area contributed by atoms with Crippen molar-refractivity contribution in [1.29, 1.82) is 0 Å². The van der Waals surface area contributed by atoms with Crippen LogP contribution in [0.2, 0.25) is 5.02 Å². The van der Waals surface area contributed by atoms with E-state index >= 15 is 0 Å². The summed E-state index contributed by atoms with van der Waals surface area (Å²) in [6, 6.07) is 4.42. The first-order valence-corrected chi connectivity index (χ1v) is 5.80. The van der Waals surface area contributed by atoms with Gasteiger partial charge in [-0.05, 0) is 37.6 Å². The zero-order chi connectivity index (χ0) is 12.8. The van der Waals surface area contributed by atoms with Crippen LogP contribution in [-0.2, 0) is 11.3 Å². The SMILES string of the molecule is CC(C)NC(=O)CNCc1cc(F)cc(Cl)c1. The molecular weight excluding hydrogens is 243 g/mol. The molecule has 1 aromatic carbocycles. The molecule has 2 N–H and O–H groups in total. The van der Waals surface area contributed by atoms with E-state index in [1.54, 1.807) is 6.07 Å². The summed E-state index contributed by atoms with van der Waals surface area (Å²) in [6.45, 7) is 4.39. The molecule has 0 fully saturated rings. The van der Waals surface area contributed by atoms with Crippen molar-refractivity contribution in [3.05, 3.63) is 34.6 Å². The number of benzene rings is 1. The van der Waals surface area contributed by atoms with E-state index in [1.165, 1.54) is 12.1 Å². The first-order valence-electron chi connectivity index (χ1n) is 5.42. The molecule has 1 rings (SSSR count). The molecule has 0 radical (unpaired) electrons. The maximum absolute atomic E-state index is 13.0. The number of rotatable bonds is 5. The first-order chi connectivity index (χ1) is 7.97. The average Bonchev–Trinajstić information content (AvgIpc) is 2.14. The Morgan fingerprint density at radius 3 is 2.71 bits per heavy atom. The number of halogens is 2.